The van der Waals surface area contributed by atoms with Gasteiger partial charge in [0.2, 0.25) is 23.6 Å². The van der Waals surface area contributed by atoms with E-state index in [0.717, 1.165) is 24.0 Å². The molecule has 0 spiro atoms. The Kier molecular flexibility index (Phi) is 11.4. The standard InChI is InChI=1S/C20H28N6O12/c1-35-19(33)21-5-17(31)37-11-25-13(27)7-23(8-14(25)28)3-4-24-9-15(29)26(16(30)10-24)12-38-18(32)6-22-20(34)36-2/h3-12H2,1-2H3,(H,21,33)(H,22,34). The van der Waals surface area contributed by atoms with Gasteiger partial charge in [0.25, 0.3) is 0 Å². The van der Waals surface area contributed by atoms with Crippen LogP contribution in [0.3, 0.4) is 0 Å². The zero-order valence-electron chi connectivity index (χ0n) is 20.8. The van der Waals surface area contributed by atoms with Gasteiger partial charge in [-0.15, -0.1) is 0 Å². The van der Waals surface area contributed by atoms with Crippen molar-refractivity contribution in [1.82, 2.24) is 30.2 Å². The van der Waals surface area contributed by atoms with Crippen molar-refractivity contribution in [3.8, 4) is 0 Å². The van der Waals surface area contributed by atoms with Gasteiger partial charge in [0, 0.05) is 13.1 Å². The number of hydrogen-bond acceptors (Lipinski definition) is 14. The fourth-order valence-corrected chi connectivity index (χ4v) is 3.19. The first-order valence-corrected chi connectivity index (χ1v) is 11.1. The number of esters is 2. The number of imide groups is 2. The molecule has 2 fully saturated rings. The van der Waals surface area contributed by atoms with Gasteiger partial charge in [-0.1, -0.05) is 0 Å². The van der Waals surface area contributed by atoms with E-state index in [9.17, 15) is 38.4 Å². The number of hydrogen-bond donors (Lipinski definition) is 2. The van der Waals surface area contributed by atoms with Crippen molar-refractivity contribution in [1.29, 1.82) is 0 Å². The lowest BCUT2D eigenvalue weighted by molar-refractivity contribution is -0.166. The fraction of sp³-hybridized carbons (Fsp3) is 0.600. The monoisotopic (exact) mass is 544 g/mol. The first-order valence-electron chi connectivity index (χ1n) is 11.1. The van der Waals surface area contributed by atoms with Crippen LogP contribution in [-0.4, -0.2) is 147 Å². The highest BCUT2D eigenvalue weighted by molar-refractivity contribution is 6.00. The van der Waals surface area contributed by atoms with Crippen LogP contribution in [0.25, 0.3) is 0 Å². The molecule has 6 amide bonds. The minimum atomic E-state index is -0.875. The van der Waals surface area contributed by atoms with Crippen molar-refractivity contribution in [2.24, 2.45) is 0 Å². The molecule has 2 heterocycles. The third-order valence-corrected chi connectivity index (χ3v) is 5.21. The second kappa shape index (κ2) is 14.4. The van der Waals surface area contributed by atoms with E-state index >= 15 is 0 Å². The largest absolute Gasteiger partial charge is 0.453 e. The van der Waals surface area contributed by atoms with E-state index in [4.69, 9.17) is 9.47 Å². The lowest BCUT2D eigenvalue weighted by Gasteiger charge is -2.35. The van der Waals surface area contributed by atoms with Gasteiger partial charge in [-0.25, -0.2) is 19.4 Å². The highest BCUT2D eigenvalue weighted by Crippen LogP contribution is 2.09. The number of ether oxygens (including phenoxy) is 4. The smallest absolute Gasteiger partial charge is 0.407 e. The summed E-state index contributed by atoms with van der Waals surface area (Å²) in [5.41, 5.74) is 0. The number of amides is 6. The minimum Gasteiger partial charge on any atom is -0.453 e. The van der Waals surface area contributed by atoms with Crippen molar-refractivity contribution in [2.75, 3.05) is 80.0 Å². The van der Waals surface area contributed by atoms with Crippen molar-refractivity contribution >= 4 is 47.8 Å². The maximum absolute atomic E-state index is 12.3. The molecule has 0 aliphatic carbocycles. The highest BCUT2D eigenvalue weighted by atomic mass is 16.6. The molecule has 2 rings (SSSR count). The topological polar surface area (TPSA) is 210 Å². The predicted molar refractivity (Wildman–Crippen MR) is 119 cm³/mol. The Morgan fingerprint density at radius 1 is 0.632 bits per heavy atom. The van der Waals surface area contributed by atoms with Crippen LogP contribution in [0.1, 0.15) is 0 Å². The van der Waals surface area contributed by atoms with Crippen LogP contribution in [-0.2, 0) is 47.7 Å². The van der Waals surface area contributed by atoms with Gasteiger partial charge in [-0.3, -0.25) is 38.6 Å². The lowest BCUT2D eigenvalue weighted by Crippen LogP contribution is -2.58. The Balaban J connectivity index is 1.72. The van der Waals surface area contributed by atoms with Crippen LogP contribution in [0.5, 0.6) is 0 Å². The van der Waals surface area contributed by atoms with Crippen LogP contribution in [0.15, 0.2) is 0 Å². The molecule has 38 heavy (non-hydrogen) atoms. The SMILES string of the molecule is COC(=O)NCC(=O)OCN1C(=O)CN(CCN2CC(=O)N(COC(=O)CNC(=O)OC)C(=O)C2)CC1=O. The molecule has 0 unspecified atom stereocenters. The lowest BCUT2D eigenvalue weighted by atomic mass is 10.2. The Labute approximate surface area is 216 Å². The average Bonchev–Trinajstić information content (AvgIpc) is 2.87. The summed E-state index contributed by atoms with van der Waals surface area (Å²) >= 11 is 0. The Hall–Kier alpha value is -4.32. The van der Waals surface area contributed by atoms with Gasteiger partial charge in [0.15, 0.2) is 13.5 Å². The summed E-state index contributed by atoms with van der Waals surface area (Å²) in [7, 11) is 2.23. The molecule has 0 bridgehead atoms. The fourth-order valence-electron chi connectivity index (χ4n) is 3.19. The van der Waals surface area contributed by atoms with Gasteiger partial charge >= 0.3 is 24.1 Å². The first kappa shape index (κ1) is 29.9. The molecule has 0 saturated carbocycles. The van der Waals surface area contributed by atoms with Crippen LogP contribution < -0.4 is 10.6 Å². The van der Waals surface area contributed by atoms with E-state index in [1.807, 2.05) is 0 Å². The van der Waals surface area contributed by atoms with Gasteiger partial charge in [0.05, 0.1) is 40.4 Å². The summed E-state index contributed by atoms with van der Waals surface area (Å²) in [6, 6.07) is 0. The third-order valence-electron chi connectivity index (χ3n) is 5.21. The summed E-state index contributed by atoms with van der Waals surface area (Å²) in [5, 5.41) is 4.20. The van der Waals surface area contributed by atoms with Crippen molar-refractivity contribution in [3.05, 3.63) is 0 Å². The second-order valence-electron chi connectivity index (χ2n) is 7.83. The van der Waals surface area contributed by atoms with Gasteiger partial charge in [-0.2, -0.15) is 0 Å². The number of nitrogens with one attached hydrogen (secondary N) is 2. The maximum Gasteiger partial charge on any atom is 0.407 e. The van der Waals surface area contributed by atoms with Crippen LogP contribution in [0.4, 0.5) is 9.59 Å². The normalized spacial score (nSPS) is 16.7. The minimum absolute atomic E-state index is 0.166. The number of nitrogens with zero attached hydrogens (tertiary/aromatic N) is 4. The number of alkyl carbamates (subject to hydrolysis) is 2. The van der Waals surface area contributed by atoms with Crippen LogP contribution in [0.2, 0.25) is 0 Å². The van der Waals surface area contributed by atoms with E-state index in [1.165, 1.54) is 9.80 Å². The highest BCUT2D eigenvalue weighted by Gasteiger charge is 2.34. The van der Waals surface area contributed by atoms with E-state index in [2.05, 4.69) is 20.1 Å². The number of carbonyl (C=O) groups excluding carboxylic acids is 8. The van der Waals surface area contributed by atoms with Gasteiger partial charge in [0.1, 0.15) is 13.1 Å². The molecular weight excluding hydrogens is 516 g/mol. The summed E-state index contributed by atoms with van der Waals surface area (Å²) < 4.78 is 18.2. The van der Waals surface area contributed by atoms with Crippen molar-refractivity contribution in [3.63, 3.8) is 0 Å². The second-order valence-corrected chi connectivity index (χ2v) is 7.83. The van der Waals surface area contributed by atoms with E-state index in [0.29, 0.717) is 0 Å². The quantitative estimate of drug-likeness (QED) is 0.144. The Morgan fingerprint density at radius 3 is 1.24 bits per heavy atom. The predicted octanol–water partition coefficient (Wildman–Crippen LogP) is -3.96. The van der Waals surface area contributed by atoms with Gasteiger partial charge < -0.3 is 29.6 Å². The summed E-state index contributed by atoms with van der Waals surface area (Å²) in [6.07, 6.45) is -1.69. The molecule has 0 aromatic carbocycles. The zero-order chi connectivity index (χ0) is 28.2. The molecule has 0 radical (unpaired) electrons. The number of piperazine rings is 2. The van der Waals surface area contributed by atoms with E-state index < -0.39 is 74.3 Å². The molecule has 0 aromatic heterocycles. The summed E-state index contributed by atoms with van der Waals surface area (Å²) in [4.78, 5) is 99.1. The third kappa shape index (κ3) is 9.28. The molecule has 18 nitrogen and oxygen atoms in total. The number of rotatable bonds is 11. The molecule has 18 heteroatoms. The van der Waals surface area contributed by atoms with Crippen LogP contribution >= 0.6 is 0 Å². The first-order chi connectivity index (χ1) is 18.0. The molecule has 0 aromatic rings. The summed E-state index contributed by atoms with van der Waals surface area (Å²) in [6.45, 7) is -2.53. The molecule has 2 aliphatic heterocycles. The molecular formula is C20H28N6O12. The van der Waals surface area contributed by atoms with Gasteiger partial charge in [-0.05, 0) is 0 Å². The molecule has 2 saturated heterocycles. The zero-order valence-corrected chi connectivity index (χ0v) is 20.8. The Bertz CT molecular complexity index is 860. The molecule has 2 N–H and O–H groups in total. The van der Waals surface area contributed by atoms with Crippen LogP contribution in [0, 0.1) is 0 Å². The summed E-state index contributed by atoms with van der Waals surface area (Å²) in [5.74, 6) is -4.21. The van der Waals surface area contributed by atoms with Crippen molar-refractivity contribution in [2.45, 2.75) is 0 Å². The number of carbonyl (C=O) groups is 8. The average molecular weight is 544 g/mol. The number of methoxy groups -OCH3 is 2. The molecule has 210 valence electrons. The Morgan fingerprint density at radius 2 is 0.947 bits per heavy atom. The molecule has 2 aliphatic rings. The maximum atomic E-state index is 12.3. The van der Waals surface area contributed by atoms with Crippen molar-refractivity contribution < 1.29 is 57.3 Å². The molecule has 0 atom stereocenters. The van der Waals surface area contributed by atoms with E-state index in [1.54, 1.807) is 0 Å². The van der Waals surface area contributed by atoms with E-state index in [-0.39, 0.29) is 39.3 Å².